The molecule has 6 nitrogen and oxygen atoms in total. The first-order valence-electron chi connectivity index (χ1n) is 12.5. The molecule has 1 aromatic heterocycles. The monoisotopic (exact) mass is 483 g/mol. The summed E-state index contributed by atoms with van der Waals surface area (Å²) in [6.45, 7) is 6.53. The molecule has 1 saturated heterocycles. The molecule has 3 aromatic carbocycles. The Morgan fingerprint density at radius 1 is 1.08 bits per heavy atom. The van der Waals surface area contributed by atoms with Crippen molar-refractivity contribution in [2.45, 2.75) is 24.9 Å². The number of ether oxygens (including phenoxy) is 1. The number of hydrogen-bond donors (Lipinski definition) is 2. The smallest absolute Gasteiger partial charge is 0.275 e. The van der Waals surface area contributed by atoms with E-state index < -0.39 is 6.10 Å². The molecule has 0 spiro atoms. The Labute approximate surface area is 210 Å². The molecule has 1 aliphatic rings. The van der Waals surface area contributed by atoms with Crippen LogP contribution in [-0.2, 0) is 7.05 Å². The Bertz CT molecular complexity index is 1510. The first-order chi connectivity index (χ1) is 17.5. The summed E-state index contributed by atoms with van der Waals surface area (Å²) < 4.78 is 7.45. The molecule has 36 heavy (non-hydrogen) atoms. The van der Waals surface area contributed by atoms with Gasteiger partial charge in [-0.15, -0.1) is 0 Å². The number of para-hydroxylation sites is 1. The lowest BCUT2D eigenvalue weighted by Gasteiger charge is -2.33. The highest BCUT2D eigenvalue weighted by molar-refractivity contribution is 5.83. The number of piperidine rings is 1. The molecule has 2 N–H and O–H groups in total. The van der Waals surface area contributed by atoms with E-state index in [0.29, 0.717) is 29.0 Å². The average Bonchev–Trinajstić information content (AvgIpc) is 3.14. The normalized spacial score (nSPS) is 16.4. The minimum atomic E-state index is -0.597. The van der Waals surface area contributed by atoms with Crippen molar-refractivity contribution in [1.82, 2.24) is 14.5 Å². The molecular weight excluding hydrogens is 450 g/mol. The van der Waals surface area contributed by atoms with Gasteiger partial charge >= 0.3 is 0 Å². The number of β-amino-alcohol motifs (C(OH)–C–C–N with tert-alkyl or cyclic N) is 1. The maximum absolute atomic E-state index is 12.3. The number of imidazole rings is 1. The Morgan fingerprint density at radius 2 is 1.81 bits per heavy atom. The number of nitrogens with one attached hydrogen (secondary N) is 1. The van der Waals surface area contributed by atoms with Gasteiger partial charge in [-0.05, 0) is 60.3 Å². The number of H-pyrrole nitrogens is 1. The fraction of sp³-hybridized carbons (Fsp3) is 0.300. The van der Waals surface area contributed by atoms with Gasteiger partial charge < -0.3 is 19.7 Å². The van der Waals surface area contributed by atoms with Gasteiger partial charge in [0.15, 0.2) is 0 Å². The van der Waals surface area contributed by atoms with E-state index in [1.54, 1.807) is 13.1 Å². The number of aliphatic hydroxyl groups excluding tert-OH is 1. The lowest BCUT2D eigenvalue weighted by Crippen LogP contribution is -2.40. The minimum Gasteiger partial charge on any atom is -0.490 e. The summed E-state index contributed by atoms with van der Waals surface area (Å²) in [5, 5.41) is 13.7. The molecule has 4 aromatic rings. The van der Waals surface area contributed by atoms with Crippen LogP contribution in [0.3, 0.4) is 0 Å². The van der Waals surface area contributed by atoms with Crippen molar-refractivity contribution in [3.63, 3.8) is 0 Å². The molecule has 0 radical (unpaired) electrons. The fourth-order valence-corrected chi connectivity index (χ4v) is 5.03. The zero-order valence-corrected chi connectivity index (χ0v) is 20.7. The van der Waals surface area contributed by atoms with Gasteiger partial charge in [-0.3, -0.25) is 9.36 Å². The SMILES string of the molecule is C=c1[nH]c(=Cc2ccccc2OC[C@@H](O)CN2CCC(c3ccc4ccccc4c3)CC2)c(=O)n1C. The highest BCUT2D eigenvalue weighted by Gasteiger charge is 2.22. The van der Waals surface area contributed by atoms with Crippen molar-refractivity contribution >= 4 is 23.4 Å². The Hall–Kier alpha value is -3.61. The van der Waals surface area contributed by atoms with Gasteiger partial charge in [-0.25, -0.2) is 0 Å². The van der Waals surface area contributed by atoms with Gasteiger partial charge in [0.2, 0.25) is 0 Å². The molecule has 5 rings (SSSR count). The van der Waals surface area contributed by atoms with Gasteiger partial charge in [-0.1, -0.05) is 67.2 Å². The first kappa shape index (κ1) is 24.1. The molecule has 0 bridgehead atoms. The van der Waals surface area contributed by atoms with Gasteiger partial charge in [-0.2, -0.15) is 0 Å². The third-order valence-corrected chi connectivity index (χ3v) is 7.17. The highest BCUT2D eigenvalue weighted by Crippen LogP contribution is 2.30. The quantitative estimate of drug-likeness (QED) is 0.424. The Morgan fingerprint density at radius 3 is 2.56 bits per heavy atom. The van der Waals surface area contributed by atoms with Crippen molar-refractivity contribution in [2.75, 3.05) is 26.2 Å². The summed E-state index contributed by atoms with van der Waals surface area (Å²) in [5.41, 5.74) is 2.60. The molecule has 0 amide bonds. The first-order valence-corrected chi connectivity index (χ1v) is 12.5. The van der Waals surface area contributed by atoms with Crippen molar-refractivity contribution in [1.29, 1.82) is 0 Å². The number of benzene rings is 3. The fourth-order valence-electron chi connectivity index (χ4n) is 5.03. The highest BCUT2D eigenvalue weighted by atomic mass is 16.5. The number of likely N-dealkylation sites (tertiary alicyclic amines) is 1. The summed E-state index contributed by atoms with van der Waals surface area (Å²) in [6, 6.07) is 22.8. The van der Waals surface area contributed by atoms with Crippen LogP contribution in [0.4, 0.5) is 0 Å². The maximum atomic E-state index is 12.3. The summed E-state index contributed by atoms with van der Waals surface area (Å²) in [7, 11) is 1.68. The number of hydrogen-bond acceptors (Lipinski definition) is 4. The summed E-state index contributed by atoms with van der Waals surface area (Å²) in [5.74, 6) is 1.19. The molecule has 1 atom stereocenters. The second kappa shape index (κ2) is 10.6. The standard InChI is InChI=1S/C30H33N3O3/c1-21-31-28(30(35)32(21)2)18-26-9-5-6-10-29(26)36-20-27(34)19-33-15-13-23(14-16-33)25-12-11-22-7-3-4-8-24(22)17-25/h3-12,17-18,23,27,31,34H,1,13-16,19-20H2,2H3/t27-/m0/s1. The molecule has 1 fully saturated rings. The van der Waals surface area contributed by atoms with E-state index in [4.69, 9.17) is 4.74 Å². The van der Waals surface area contributed by atoms with Gasteiger partial charge in [0.1, 0.15) is 29.3 Å². The zero-order chi connectivity index (χ0) is 25.1. The molecule has 2 heterocycles. The van der Waals surface area contributed by atoms with Crippen LogP contribution >= 0.6 is 0 Å². The molecule has 0 saturated carbocycles. The lowest BCUT2D eigenvalue weighted by atomic mass is 9.88. The van der Waals surface area contributed by atoms with Gasteiger partial charge in [0.05, 0.1) is 0 Å². The Kier molecular flexibility index (Phi) is 7.07. The number of aromatic amines is 1. The van der Waals surface area contributed by atoms with Crippen LogP contribution in [0.1, 0.15) is 29.9 Å². The largest absolute Gasteiger partial charge is 0.490 e. The third-order valence-electron chi connectivity index (χ3n) is 7.17. The number of fused-ring (bicyclic) bond motifs is 1. The van der Waals surface area contributed by atoms with E-state index in [2.05, 4.69) is 58.9 Å². The van der Waals surface area contributed by atoms with E-state index in [-0.39, 0.29) is 12.2 Å². The number of nitrogens with zero attached hydrogens (tertiary/aromatic N) is 2. The van der Waals surface area contributed by atoms with E-state index >= 15 is 0 Å². The zero-order valence-electron chi connectivity index (χ0n) is 20.7. The van der Waals surface area contributed by atoms with Crippen molar-refractivity contribution in [2.24, 2.45) is 7.05 Å². The minimum absolute atomic E-state index is 0.137. The second-order valence-corrected chi connectivity index (χ2v) is 9.68. The van der Waals surface area contributed by atoms with Crippen LogP contribution in [0.15, 0.2) is 71.5 Å². The molecule has 0 unspecified atom stereocenters. The van der Waals surface area contributed by atoms with Crippen LogP contribution in [0.2, 0.25) is 0 Å². The average molecular weight is 484 g/mol. The van der Waals surface area contributed by atoms with Crippen LogP contribution in [0, 0.1) is 0 Å². The van der Waals surface area contributed by atoms with E-state index in [1.807, 2.05) is 24.3 Å². The van der Waals surface area contributed by atoms with Crippen LogP contribution in [0.5, 0.6) is 5.75 Å². The van der Waals surface area contributed by atoms with Crippen LogP contribution in [-0.4, -0.2) is 51.9 Å². The molecule has 1 aliphatic heterocycles. The Balaban J connectivity index is 1.16. The second-order valence-electron chi connectivity index (χ2n) is 9.68. The number of rotatable bonds is 7. The topological polar surface area (TPSA) is 70.5 Å². The number of aromatic nitrogens is 2. The van der Waals surface area contributed by atoms with E-state index in [0.717, 1.165) is 31.5 Å². The van der Waals surface area contributed by atoms with Crippen LogP contribution in [0.25, 0.3) is 23.4 Å². The third kappa shape index (κ3) is 5.30. The predicted octanol–water partition coefficient (Wildman–Crippen LogP) is 2.73. The molecule has 186 valence electrons. The van der Waals surface area contributed by atoms with Crippen molar-refractivity contribution < 1.29 is 9.84 Å². The van der Waals surface area contributed by atoms with Crippen LogP contribution < -0.4 is 21.1 Å². The van der Waals surface area contributed by atoms with Gasteiger partial charge in [0.25, 0.3) is 5.56 Å². The molecule has 6 heteroatoms. The summed E-state index contributed by atoms with van der Waals surface area (Å²) >= 11 is 0. The maximum Gasteiger partial charge on any atom is 0.275 e. The van der Waals surface area contributed by atoms with E-state index in [9.17, 15) is 9.90 Å². The summed E-state index contributed by atoms with van der Waals surface area (Å²) in [6.07, 6.45) is 3.34. The predicted molar refractivity (Wildman–Crippen MR) is 145 cm³/mol. The summed E-state index contributed by atoms with van der Waals surface area (Å²) in [4.78, 5) is 17.7. The van der Waals surface area contributed by atoms with E-state index in [1.165, 1.54) is 20.9 Å². The molecule has 0 aliphatic carbocycles. The molecular formula is C30H33N3O3. The van der Waals surface area contributed by atoms with Crippen molar-refractivity contribution in [3.8, 4) is 5.75 Å². The number of aliphatic hydroxyl groups is 1. The lowest BCUT2D eigenvalue weighted by molar-refractivity contribution is 0.0594. The van der Waals surface area contributed by atoms with Gasteiger partial charge in [0, 0.05) is 19.2 Å². The van der Waals surface area contributed by atoms with Crippen molar-refractivity contribution in [3.05, 3.63) is 99.0 Å².